The number of aromatic hydroxyl groups is 1. The quantitative estimate of drug-likeness (QED) is 0.671. The number of aromatic nitrogens is 3. The molecule has 0 unspecified atom stereocenters. The van der Waals surface area contributed by atoms with Gasteiger partial charge in [0.05, 0.1) is 16.0 Å². The number of rotatable bonds is 3. The SMILES string of the molecule is NCCc1nc(-c2nc3ccc(O)cc3[nH]2)cs1. The van der Waals surface area contributed by atoms with E-state index >= 15 is 0 Å². The Balaban J connectivity index is 2.02. The van der Waals surface area contributed by atoms with Crippen molar-refractivity contribution >= 4 is 22.4 Å². The minimum absolute atomic E-state index is 0.222. The lowest BCUT2D eigenvalue weighted by atomic mass is 10.3. The maximum atomic E-state index is 9.41. The van der Waals surface area contributed by atoms with Crippen LogP contribution < -0.4 is 5.73 Å². The van der Waals surface area contributed by atoms with E-state index in [-0.39, 0.29) is 5.75 Å². The second kappa shape index (κ2) is 4.40. The number of aromatic amines is 1. The normalized spacial score (nSPS) is 11.2. The van der Waals surface area contributed by atoms with E-state index in [1.807, 2.05) is 5.38 Å². The maximum absolute atomic E-state index is 9.41. The van der Waals surface area contributed by atoms with Crippen LogP contribution in [0.2, 0.25) is 0 Å². The minimum atomic E-state index is 0.222. The lowest BCUT2D eigenvalue weighted by Crippen LogP contribution is -2.02. The predicted molar refractivity (Wildman–Crippen MR) is 71.6 cm³/mol. The standard InChI is InChI=1S/C12H12N4OS/c13-4-3-11-14-10(6-18-11)12-15-8-2-1-7(17)5-9(8)16-12/h1-2,5-6,17H,3-4,13H2,(H,15,16). The number of thiazole rings is 1. The van der Waals surface area contributed by atoms with Crippen LogP contribution in [0.5, 0.6) is 5.75 Å². The summed E-state index contributed by atoms with van der Waals surface area (Å²) in [6.07, 6.45) is 0.783. The number of hydrogen-bond acceptors (Lipinski definition) is 5. The Morgan fingerprint density at radius 1 is 1.33 bits per heavy atom. The second-order valence-electron chi connectivity index (χ2n) is 3.95. The number of hydrogen-bond donors (Lipinski definition) is 3. The number of phenolic OH excluding ortho intramolecular Hbond substituents is 1. The molecular formula is C12H12N4OS. The molecule has 0 saturated heterocycles. The molecular weight excluding hydrogens is 248 g/mol. The number of nitrogens with two attached hydrogens (primary N) is 1. The molecule has 2 aromatic heterocycles. The zero-order valence-electron chi connectivity index (χ0n) is 9.55. The van der Waals surface area contributed by atoms with Gasteiger partial charge in [-0.3, -0.25) is 0 Å². The van der Waals surface area contributed by atoms with Gasteiger partial charge in [0.15, 0.2) is 5.82 Å². The molecule has 0 fully saturated rings. The van der Waals surface area contributed by atoms with Crippen LogP contribution in [0.15, 0.2) is 23.6 Å². The molecule has 3 rings (SSSR count). The van der Waals surface area contributed by atoms with Crippen LogP contribution in [0.3, 0.4) is 0 Å². The topological polar surface area (TPSA) is 87.8 Å². The first-order valence-electron chi connectivity index (χ1n) is 5.60. The van der Waals surface area contributed by atoms with E-state index in [0.717, 1.165) is 34.0 Å². The summed E-state index contributed by atoms with van der Waals surface area (Å²) in [6, 6.07) is 5.05. The van der Waals surface area contributed by atoms with E-state index in [1.165, 1.54) is 0 Å². The molecule has 0 aliphatic heterocycles. The highest BCUT2D eigenvalue weighted by Gasteiger charge is 2.09. The van der Waals surface area contributed by atoms with Crippen molar-refractivity contribution in [1.29, 1.82) is 0 Å². The van der Waals surface area contributed by atoms with Crippen molar-refractivity contribution < 1.29 is 5.11 Å². The summed E-state index contributed by atoms with van der Waals surface area (Å²) in [5, 5.41) is 12.4. The fourth-order valence-corrected chi connectivity index (χ4v) is 2.58. The fourth-order valence-electron chi connectivity index (χ4n) is 1.78. The molecule has 1 aromatic carbocycles. The van der Waals surface area contributed by atoms with E-state index < -0.39 is 0 Å². The van der Waals surface area contributed by atoms with Crippen molar-refractivity contribution in [1.82, 2.24) is 15.0 Å². The van der Waals surface area contributed by atoms with E-state index in [2.05, 4.69) is 15.0 Å². The number of phenols is 1. The third-order valence-corrected chi connectivity index (χ3v) is 3.53. The summed E-state index contributed by atoms with van der Waals surface area (Å²) < 4.78 is 0. The number of fused-ring (bicyclic) bond motifs is 1. The summed E-state index contributed by atoms with van der Waals surface area (Å²) >= 11 is 1.58. The number of benzene rings is 1. The Kier molecular flexibility index (Phi) is 2.73. The Bertz CT molecular complexity index is 688. The van der Waals surface area contributed by atoms with E-state index in [9.17, 15) is 5.11 Å². The second-order valence-corrected chi connectivity index (χ2v) is 4.89. The summed E-state index contributed by atoms with van der Waals surface area (Å²) in [4.78, 5) is 12.1. The molecule has 0 atom stereocenters. The largest absolute Gasteiger partial charge is 0.508 e. The van der Waals surface area contributed by atoms with Gasteiger partial charge in [0.2, 0.25) is 0 Å². The first kappa shape index (κ1) is 11.2. The number of nitrogens with zero attached hydrogens (tertiary/aromatic N) is 2. The Morgan fingerprint density at radius 3 is 3.06 bits per heavy atom. The van der Waals surface area contributed by atoms with Crippen LogP contribution in [0, 0.1) is 0 Å². The molecule has 0 bridgehead atoms. The fraction of sp³-hybridized carbons (Fsp3) is 0.167. The van der Waals surface area contributed by atoms with Gasteiger partial charge in [-0.25, -0.2) is 9.97 Å². The van der Waals surface area contributed by atoms with Crippen molar-refractivity contribution in [2.75, 3.05) is 6.54 Å². The smallest absolute Gasteiger partial charge is 0.158 e. The Morgan fingerprint density at radius 2 is 2.22 bits per heavy atom. The molecule has 92 valence electrons. The molecule has 2 heterocycles. The van der Waals surface area contributed by atoms with Gasteiger partial charge in [0.1, 0.15) is 11.4 Å². The predicted octanol–water partition coefficient (Wildman–Crippen LogP) is 1.89. The van der Waals surface area contributed by atoms with Crippen LogP contribution in [-0.2, 0) is 6.42 Å². The zero-order valence-corrected chi connectivity index (χ0v) is 10.4. The van der Waals surface area contributed by atoms with Gasteiger partial charge < -0.3 is 15.8 Å². The molecule has 3 aromatic rings. The molecule has 6 heteroatoms. The van der Waals surface area contributed by atoms with Crippen molar-refractivity contribution in [2.45, 2.75) is 6.42 Å². The minimum Gasteiger partial charge on any atom is -0.508 e. The van der Waals surface area contributed by atoms with Crippen LogP contribution in [0.4, 0.5) is 0 Å². The van der Waals surface area contributed by atoms with Crippen molar-refractivity contribution in [3.05, 3.63) is 28.6 Å². The van der Waals surface area contributed by atoms with Crippen molar-refractivity contribution in [3.63, 3.8) is 0 Å². The Labute approximate surface area is 107 Å². The molecule has 0 aliphatic carbocycles. The highest BCUT2D eigenvalue weighted by Crippen LogP contribution is 2.24. The number of imidazole rings is 1. The average Bonchev–Trinajstić information content (AvgIpc) is 2.94. The average molecular weight is 260 g/mol. The highest BCUT2D eigenvalue weighted by molar-refractivity contribution is 7.09. The van der Waals surface area contributed by atoms with E-state index in [1.54, 1.807) is 29.5 Å². The van der Waals surface area contributed by atoms with Gasteiger partial charge in [0, 0.05) is 17.9 Å². The van der Waals surface area contributed by atoms with Gasteiger partial charge in [0.25, 0.3) is 0 Å². The van der Waals surface area contributed by atoms with E-state index in [4.69, 9.17) is 5.73 Å². The highest BCUT2D eigenvalue weighted by atomic mass is 32.1. The Hall–Kier alpha value is -1.92. The summed E-state index contributed by atoms with van der Waals surface area (Å²) in [5.74, 6) is 0.940. The van der Waals surface area contributed by atoms with Gasteiger partial charge >= 0.3 is 0 Å². The summed E-state index contributed by atoms with van der Waals surface area (Å²) in [5.41, 5.74) is 7.94. The molecule has 0 spiro atoms. The molecule has 0 saturated carbocycles. The number of H-pyrrole nitrogens is 1. The van der Waals surface area contributed by atoms with Crippen LogP contribution in [0.1, 0.15) is 5.01 Å². The van der Waals surface area contributed by atoms with Crippen molar-refractivity contribution in [3.8, 4) is 17.3 Å². The zero-order chi connectivity index (χ0) is 12.5. The number of nitrogens with one attached hydrogen (secondary N) is 1. The lowest BCUT2D eigenvalue weighted by molar-refractivity contribution is 0.476. The van der Waals surface area contributed by atoms with Gasteiger partial charge in [-0.1, -0.05) is 0 Å². The summed E-state index contributed by atoms with van der Waals surface area (Å²) in [6.45, 7) is 0.598. The van der Waals surface area contributed by atoms with Crippen molar-refractivity contribution in [2.24, 2.45) is 5.73 Å². The molecule has 18 heavy (non-hydrogen) atoms. The van der Waals surface area contributed by atoms with Gasteiger partial charge in [-0.05, 0) is 18.7 Å². The van der Waals surface area contributed by atoms with Crippen LogP contribution in [0.25, 0.3) is 22.6 Å². The molecule has 4 N–H and O–H groups in total. The molecule has 0 aliphatic rings. The molecule has 5 nitrogen and oxygen atoms in total. The summed E-state index contributed by atoms with van der Waals surface area (Å²) in [7, 11) is 0. The van der Waals surface area contributed by atoms with Gasteiger partial charge in [-0.15, -0.1) is 11.3 Å². The van der Waals surface area contributed by atoms with Gasteiger partial charge in [-0.2, -0.15) is 0 Å². The monoisotopic (exact) mass is 260 g/mol. The van der Waals surface area contributed by atoms with E-state index in [0.29, 0.717) is 6.54 Å². The third kappa shape index (κ3) is 1.96. The van der Waals surface area contributed by atoms with Crippen LogP contribution >= 0.6 is 11.3 Å². The lowest BCUT2D eigenvalue weighted by Gasteiger charge is -1.89. The first-order chi connectivity index (χ1) is 8.76. The molecule has 0 radical (unpaired) electrons. The molecule has 0 amide bonds. The maximum Gasteiger partial charge on any atom is 0.158 e. The first-order valence-corrected chi connectivity index (χ1v) is 6.48. The third-order valence-electron chi connectivity index (χ3n) is 2.62. The van der Waals surface area contributed by atoms with Crippen LogP contribution in [-0.4, -0.2) is 26.6 Å².